The number of sulfonamides is 2. The van der Waals surface area contributed by atoms with Gasteiger partial charge in [0.1, 0.15) is 18.9 Å². The normalized spacial score (nSPS) is 13.2. The van der Waals surface area contributed by atoms with E-state index in [1.165, 1.54) is 42.5 Å². The zero-order valence-electron chi connectivity index (χ0n) is 17.6. The monoisotopic (exact) mass is 540 g/mol. The second-order valence-electron chi connectivity index (χ2n) is 7.08. The van der Waals surface area contributed by atoms with E-state index in [4.69, 9.17) is 21.1 Å². The van der Waals surface area contributed by atoms with Crippen LogP contribution in [0.1, 0.15) is 0 Å². The zero-order chi connectivity index (χ0) is 25.2. The molecular weight excluding hydrogens is 524 g/mol. The van der Waals surface area contributed by atoms with E-state index in [2.05, 4.69) is 10.1 Å². The minimum absolute atomic E-state index is 0.178. The molecule has 1 heterocycles. The lowest BCUT2D eigenvalue weighted by molar-refractivity contribution is -0.384. The standard InChI is InChI=1S/C20H17ClN4O8S2/c21-13-1-3-14(4-2-13)23-34(28,29)15-5-7-17(18(11-15)25(26)27)22-24-35(30,31)16-6-8-19-20(12-16)33-10-9-32-19/h1-8,11-12,22-24H,9-10H2. The maximum Gasteiger partial charge on any atom is 0.295 e. The molecule has 0 radical (unpaired) electrons. The largest absolute Gasteiger partial charge is 0.486 e. The summed E-state index contributed by atoms with van der Waals surface area (Å²) in [6.45, 7) is 0.597. The van der Waals surface area contributed by atoms with Crippen LogP contribution in [0.5, 0.6) is 11.5 Å². The highest BCUT2D eigenvalue weighted by Gasteiger charge is 2.24. The molecule has 35 heavy (non-hydrogen) atoms. The highest BCUT2D eigenvalue weighted by atomic mass is 35.5. The molecule has 0 atom stereocenters. The van der Waals surface area contributed by atoms with Crippen LogP contribution in [0, 0.1) is 10.1 Å². The molecule has 3 N–H and O–H groups in total. The summed E-state index contributed by atoms with van der Waals surface area (Å²) in [7, 11) is -8.36. The van der Waals surface area contributed by atoms with Crippen molar-refractivity contribution < 1.29 is 31.2 Å². The first-order valence-electron chi connectivity index (χ1n) is 9.79. The van der Waals surface area contributed by atoms with Crippen molar-refractivity contribution in [2.24, 2.45) is 0 Å². The molecule has 0 amide bonds. The van der Waals surface area contributed by atoms with Crippen molar-refractivity contribution >= 4 is 48.7 Å². The Morgan fingerprint density at radius 2 is 1.46 bits per heavy atom. The lowest BCUT2D eigenvalue weighted by Crippen LogP contribution is -2.30. The van der Waals surface area contributed by atoms with Crippen LogP contribution in [-0.2, 0) is 20.0 Å². The number of ether oxygens (including phenoxy) is 2. The van der Waals surface area contributed by atoms with Crippen LogP contribution >= 0.6 is 11.6 Å². The summed E-state index contributed by atoms with van der Waals surface area (Å²) in [5.74, 6) is 0.635. The number of anilines is 2. The van der Waals surface area contributed by atoms with Crippen molar-refractivity contribution in [1.29, 1.82) is 0 Å². The summed E-state index contributed by atoms with van der Waals surface area (Å²) in [5.41, 5.74) is 1.52. The minimum Gasteiger partial charge on any atom is -0.486 e. The number of nitrogens with one attached hydrogen (secondary N) is 3. The average Bonchev–Trinajstić information content (AvgIpc) is 2.83. The van der Waals surface area contributed by atoms with Crippen LogP contribution in [0.3, 0.4) is 0 Å². The Bertz CT molecular complexity index is 1500. The van der Waals surface area contributed by atoms with E-state index in [9.17, 15) is 26.9 Å². The first-order valence-corrected chi connectivity index (χ1v) is 13.1. The van der Waals surface area contributed by atoms with Gasteiger partial charge in [0.05, 0.1) is 14.7 Å². The van der Waals surface area contributed by atoms with E-state index >= 15 is 0 Å². The van der Waals surface area contributed by atoms with E-state index < -0.39 is 35.6 Å². The van der Waals surface area contributed by atoms with Crippen LogP contribution in [0.25, 0.3) is 0 Å². The predicted octanol–water partition coefficient (Wildman–Crippen LogP) is 3.13. The van der Waals surface area contributed by atoms with Gasteiger partial charge in [-0.2, -0.15) is 0 Å². The van der Waals surface area contributed by atoms with Crippen molar-refractivity contribution in [3.63, 3.8) is 0 Å². The van der Waals surface area contributed by atoms with Crippen LogP contribution in [0.2, 0.25) is 5.02 Å². The summed E-state index contributed by atoms with van der Waals surface area (Å²) < 4.78 is 63.7. The molecule has 0 bridgehead atoms. The smallest absolute Gasteiger partial charge is 0.295 e. The molecule has 184 valence electrons. The molecule has 0 aromatic heterocycles. The number of hydrogen-bond donors (Lipinski definition) is 3. The number of nitrogens with zero attached hydrogens (tertiary/aromatic N) is 1. The average molecular weight is 541 g/mol. The number of nitro groups is 1. The van der Waals surface area contributed by atoms with Crippen molar-refractivity contribution in [1.82, 2.24) is 4.83 Å². The van der Waals surface area contributed by atoms with Gasteiger partial charge in [-0.05, 0) is 48.5 Å². The fourth-order valence-electron chi connectivity index (χ4n) is 3.04. The molecule has 0 fully saturated rings. The molecule has 12 nitrogen and oxygen atoms in total. The Morgan fingerprint density at radius 1 is 0.829 bits per heavy atom. The van der Waals surface area contributed by atoms with E-state index in [-0.39, 0.29) is 28.6 Å². The van der Waals surface area contributed by atoms with E-state index in [0.717, 1.165) is 18.2 Å². The summed E-state index contributed by atoms with van der Waals surface area (Å²) in [5, 5.41) is 12.0. The Morgan fingerprint density at radius 3 is 2.14 bits per heavy atom. The molecular formula is C20H17ClN4O8S2. The van der Waals surface area contributed by atoms with E-state index in [0.29, 0.717) is 17.4 Å². The minimum atomic E-state index is -4.18. The fourth-order valence-corrected chi connectivity index (χ4v) is 5.12. The molecule has 0 aliphatic carbocycles. The van der Waals surface area contributed by atoms with Gasteiger partial charge in [-0.15, -0.1) is 4.83 Å². The molecule has 0 saturated heterocycles. The van der Waals surface area contributed by atoms with Crippen LogP contribution in [0.15, 0.2) is 70.5 Å². The molecule has 1 aliphatic rings. The van der Waals surface area contributed by atoms with Gasteiger partial charge in [0, 0.05) is 22.8 Å². The summed E-state index contributed by atoms with van der Waals surface area (Å²) in [6.07, 6.45) is 0. The van der Waals surface area contributed by atoms with Crippen molar-refractivity contribution in [2.75, 3.05) is 23.4 Å². The predicted molar refractivity (Wildman–Crippen MR) is 127 cm³/mol. The molecule has 3 aromatic rings. The second-order valence-corrected chi connectivity index (χ2v) is 10.9. The SMILES string of the molecule is O=[N+]([O-])c1cc(S(=O)(=O)Nc2ccc(Cl)cc2)ccc1NNS(=O)(=O)c1ccc2c(c1)OCCO2. The second kappa shape index (κ2) is 9.58. The van der Waals surface area contributed by atoms with Gasteiger partial charge < -0.3 is 14.9 Å². The lowest BCUT2D eigenvalue weighted by Gasteiger charge is -2.19. The first kappa shape index (κ1) is 24.5. The Kier molecular flexibility index (Phi) is 6.71. The van der Waals surface area contributed by atoms with E-state index in [1.807, 2.05) is 4.83 Å². The fraction of sp³-hybridized carbons (Fsp3) is 0.100. The van der Waals surface area contributed by atoms with Gasteiger partial charge in [0.25, 0.3) is 25.7 Å². The number of hydrazine groups is 1. The topological polar surface area (TPSA) is 166 Å². The maximum absolute atomic E-state index is 12.7. The number of fused-ring (bicyclic) bond motifs is 1. The highest BCUT2D eigenvalue weighted by molar-refractivity contribution is 7.92. The Hall–Kier alpha value is -3.59. The maximum atomic E-state index is 12.7. The third kappa shape index (κ3) is 5.57. The number of rotatable bonds is 8. The quantitative estimate of drug-likeness (QED) is 0.287. The summed E-state index contributed by atoms with van der Waals surface area (Å²) in [4.78, 5) is 12.2. The van der Waals surface area contributed by atoms with Gasteiger partial charge in [0.2, 0.25) is 0 Å². The van der Waals surface area contributed by atoms with Crippen molar-refractivity contribution in [2.45, 2.75) is 9.79 Å². The third-order valence-electron chi connectivity index (χ3n) is 4.72. The molecule has 4 rings (SSSR count). The molecule has 0 saturated carbocycles. The summed E-state index contributed by atoms with van der Waals surface area (Å²) >= 11 is 5.79. The Balaban J connectivity index is 1.55. The molecule has 15 heteroatoms. The van der Waals surface area contributed by atoms with Gasteiger partial charge in [0.15, 0.2) is 11.5 Å². The zero-order valence-corrected chi connectivity index (χ0v) is 20.0. The number of hydrogen-bond acceptors (Lipinski definition) is 9. The molecule has 0 spiro atoms. The third-order valence-corrected chi connectivity index (χ3v) is 7.59. The van der Waals surface area contributed by atoms with Crippen molar-refractivity contribution in [3.05, 3.63) is 75.8 Å². The number of halogens is 1. The van der Waals surface area contributed by atoms with Gasteiger partial charge >= 0.3 is 0 Å². The van der Waals surface area contributed by atoms with Gasteiger partial charge in [-0.1, -0.05) is 11.6 Å². The van der Waals surface area contributed by atoms with Crippen LogP contribution in [0.4, 0.5) is 17.1 Å². The first-order chi connectivity index (χ1) is 16.5. The van der Waals surface area contributed by atoms with Crippen LogP contribution in [-0.4, -0.2) is 35.0 Å². The Labute approximate surface area is 205 Å². The highest BCUT2D eigenvalue weighted by Crippen LogP contribution is 2.33. The van der Waals surface area contributed by atoms with Crippen LogP contribution < -0.4 is 24.5 Å². The van der Waals surface area contributed by atoms with Gasteiger partial charge in [-0.3, -0.25) is 14.8 Å². The number of benzene rings is 3. The van der Waals surface area contributed by atoms with Gasteiger partial charge in [-0.25, -0.2) is 16.8 Å². The summed E-state index contributed by atoms with van der Waals surface area (Å²) in [6, 6.07) is 12.7. The van der Waals surface area contributed by atoms with E-state index in [1.54, 1.807) is 0 Å². The van der Waals surface area contributed by atoms with Crippen molar-refractivity contribution in [3.8, 4) is 11.5 Å². The molecule has 3 aromatic carbocycles. The number of nitro benzene ring substituents is 1. The molecule has 0 unspecified atom stereocenters. The molecule has 1 aliphatic heterocycles. The lowest BCUT2D eigenvalue weighted by atomic mass is 10.3.